The van der Waals surface area contributed by atoms with Gasteiger partial charge in [0.05, 0.1) is 31.2 Å². The van der Waals surface area contributed by atoms with Gasteiger partial charge in [0.2, 0.25) is 0 Å². The van der Waals surface area contributed by atoms with E-state index in [0.29, 0.717) is 17.0 Å². The van der Waals surface area contributed by atoms with Crippen LogP contribution in [-0.2, 0) is 11.2 Å². The van der Waals surface area contributed by atoms with Crippen molar-refractivity contribution < 1.29 is 24.8 Å². The van der Waals surface area contributed by atoms with Crippen molar-refractivity contribution in [2.75, 3.05) is 13.7 Å². The van der Waals surface area contributed by atoms with Crippen molar-refractivity contribution in [3.8, 4) is 5.75 Å². The van der Waals surface area contributed by atoms with Gasteiger partial charge in [-0.1, -0.05) is 35.9 Å². The number of hydrogen-bond donors (Lipinski definition) is 4. The van der Waals surface area contributed by atoms with Crippen LogP contribution in [0.5, 0.6) is 5.75 Å². The zero-order valence-corrected chi connectivity index (χ0v) is 16.5. The van der Waals surface area contributed by atoms with Gasteiger partial charge in [-0.15, -0.1) is 0 Å². The Labute approximate surface area is 168 Å². The summed E-state index contributed by atoms with van der Waals surface area (Å²) in [5, 5.41) is 30.1. The molecular weight excluding hydrogens is 388 g/mol. The van der Waals surface area contributed by atoms with Crippen LogP contribution in [0.2, 0.25) is 5.02 Å². The number of methoxy groups -OCH3 is 1. The van der Waals surface area contributed by atoms with E-state index in [2.05, 4.69) is 12.6 Å². The molecular formula is C20H23ClO5S. The fourth-order valence-corrected chi connectivity index (χ4v) is 3.77. The lowest BCUT2D eigenvalue weighted by atomic mass is 9.91. The molecule has 1 aliphatic heterocycles. The molecule has 7 heteroatoms. The molecule has 1 fully saturated rings. The van der Waals surface area contributed by atoms with Gasteiger partial charge in [-0.2, -0.15) is 12.6 Å². The molecule has 0 saturated carbocycles. The van der Waals surface area contributed by atoms with Gasteiger partial charge in [0.1, 0.15) is 18.0 Å². The summed E-state index contributed by atoms with van der Waals surface area (Å²) in [7, 11) is 1.62. The molecule has 0 aliphatic carbocycles. The van der Waals surface area contributed by atoms with E-state index in [9.17, 15) is 15.3 Å². The third-order valence-corrected chi connectivity index (χ3v) is 5.85. The lowest BCUT2D eigenvalue weighted by molar-refractivity contribution is -0.174. The fraction of sp³-hybridized carbons (Fsp3) is 0.400. The maximum atomic E-state index is 10.4. The molecule has 146 valence electrons. The molecule has 2 aromatic rings. The largest absolute Gasteiger partial charge is 0.497 e. The standard InChI is InChI=1S/C20H23ClO5S/c1-25-14-5-2-11(3-6-14)8-13-9-12(4-7-15(13)21)19-17(23)18(24)20(27)16(10-22)26-19/h2-7,9,16-20,22-24,27H,8,10H2,1H3/t16-,17-,18-,19+,20-/m1/s1. The highest BCUT2D eigenvalue weighted by atomic mass is 35.5. The van der Waals surface area contributed by atoms with Crippen LogP contribution in [0.3, 0.4) is 0 Å². The molecule has 3 N–H and O–H groups in total. The molecule has 0 amide bonds. The van der Waals surface area contributed by atoms with Gasteiger partial charge >= 0.3 is 0 Å². The summed E-state index contributed by atoms with van der Waals surface area (Å²) < 4.78 is 11.0. The molecule has 5 atom stereocenters. The van der Waals surface area contributed by atoms with Crippen molar-refractivity contribution in [1.82, 2.24) is 0 Å². The van der Waals surface area contributed by atoms with E-state index in [1.165, 1.54) is 0 Å². The second kappa shape index (κ2) is 8.82. The van der Waals surface area contributed by atoms with Gasteiger partial charge in [-0.25, -0.2) is 0 Å². The highest BCUT2D eigenvalue weighted by Crippen LogP contribution is 2.36. The van der Waals surface area contributed by atoms with Gasteiger partial charge in [0.25, 0.3) is 0 Å². The fourth-order valence-electron chi connectivity index (χ4n) is 3.25. The first-order valence-corrected chi connectivity index (χ1v) is 9.55. The first-order valence-electron chi connectivity index (χ1n) is 8.66. The first-order chi connectivity index (χ1) is 12.9. The maximum Gasteiger partial charge on any atom is 0.118 e. The first kappa shape index (κ1) is 20.5. The number of rotatable bonds is 5. The van der Waals surface area contributed by atoms with E-state index in [4.69, 9.17) is 21.1 Å². The molecule has 0 aromatic heterocycles. The van der Waals surface area contributed by atoms with Crippen LogP contribution in [0.15, 0.2) is 42.5 Å². The zero-order valence-electron chi connectivity index (χ0n) is 14.8. The van der Waals surface area contributed by atoms with Crippen LogP contribution < -0.4 is 4.74 Å². The van der Waals surface area contributed by atoms with Crippen LogP contribution >= 0.6 is 24.2 Å². The zero-order chi connectivity index (χ0) is 19.6. The minimum absolute atomic E-state index is 0.291. The summed E-state index contributed by atoms with van der Waals surface area (Å²) >= 11 is 10.6. The lowest BCUT2D eigenvalue weighted by Gasteiger charge is -2.40. The Kier molecular flexibility index (Phi) is 6.68. The van der Waals surface area contributed by atoms with E-state index in [-0.39, 0.29) is 6.61 Å². The monoisotopic (exact) mass is 410 g/mol. The second-order valence-corrected chi connectivity index (χ2v) is 7.63. The van der Waals surface area contributed by atoms with Crippen LogP contribution in [-0.4, -0.2) is 52.6 Å². The van der Waals surface area contributed by atoms with Crippen molar-refractivity contribution in [3.63, 3.8) is 0 Å². The van der Waals surface area contributed by atoms with Gasteiger partial charge in [0.15, 0.2) is 0 Å². The summed E-state index contributed by atoms with van der Waals surface area (Å²) in [6.45, 7) is -0.291. The van der Waals surface area contributed by atoms with E-state index in [1.807, 2.05) is 30.3 Å². The van der Waals surface area contributed by atoms with E-state index < -0.39 is 29.7 Å². The second-order valence-electron chi connectivity index (χ2n) is 6.63. The molecule has 0 radical (unpaired) electrons. The van der Waals surface area contributed by atoms with Gasteiger partial charge < -0.3 is 24.8 Å². The molecule has 3 rings (SSSR count). The van der Waals surface area contributed by atoms with Gasteiger partial charge in [0, 0.05) is 5.02 Å². The Bertz CT molecular complexity index is 767. The summed E-state index contributed by atoms with van der Waals surface area (Å²) in [6.07, 6.45) is -3.10. The van der Waals surface area contributed by atoms with Crippen molar-refractivity contribution in [3.05, 3.63) is 64.2 Å². The Morgan fingerprint density at radius 2 is 1.81 bits per heavy atom. The molecule has 0 unspecified atom stereocenters. The average Bonchev–Trinajstić information content (AvgIpc) is 2.69. The third-order valence-electron chi connectivity index (χ3n) is 4.84. The van der Waals surface area contributed by atoms with Crippen LogP contribution in [0.25, 0.3) is 0 Å². The number of aliphatic hydroxyl groups excluding tert-OH is 3. The quantitative estimate of drug-likeness (QED) is 0.569. The lowest BCUT2D eigenvalue weighted by Crippen LogP contribution is -2.52. The predicted molar refractivity (Wildman–Crippen MR) is 107 cm³/mol. The number of thiol groups is 1. The van der Waals surface area contributed by atoms with E-state index in [0.717, 1.165) is 16.9 Å². The van der Waals surface area contributed by atoms with Crippen LogP contribution in [0.1, 0.15) is 22.8 Å². The predicted octanol–water partition coefficient (Wildman–Crippen LogP) is 2.39. The van der Waals surface area contributed by atoms with Crippen molar-refractivity contribution in [1.29, 1.82) is 0 Å². The van der Waals surface area contributed by atoms with Crippen molar-refractivity contribution >= 4 is 24.2 Å². The molecule has 0 bridgehead atoms. The van der Waals surface area contributed by atoms with Crippen LogP contribution in [0, 0.1) is 0 Å². The maximum absolute atomic E-state index is 10.4. The Morgan fingerprint density at radius 1 is 1.11 bits per heavy atom. The summed E-state index contributed by atoms with van der Waals surface area (Å²) in [6, 6.07) is 13.1. The Hall–Kier alpha value is -1.28. The molecule has 5 nitrogen and oxygen atoms in total. The SMILES string of the molecule is COc1ccc(Cc2cc([C@@H]3O[C@H](CO)[C@@H](S)[C@H](O)[C@H]3O)ccc2Cl)cc1. The third kappa shape index (κ3) is 4.42. The highest BCUT2D eigenvalue weighted by Gasteiger charge is 2.43. The molecule has 1 aliphatic rings. The minimum atomic E-state index is -1.15. The van der Waals surface area contributed by atoms with E-state index in [1.54, 1.807) is 19.2 Å². The minimum Gasteiger partial charge on any atom is -0.497 e. The summed E-state index contributed by atoms with van der Waals surface area (Å²) in [4.78, 5) is 0. The molecule has 2 aromatic carbocycles. The molecule has 1 heterocycles. The normalized spacial score (nSPS) is 28.1. The number of hydrogen-bond acceptors (Lipinski definition) is 6. The smallest absolute Gasteiger partial charge is 0.118 e. The van der Waals surface area contributed by atoms with Gasteiger partial charge in [-0.05, 0) is 41.3 Å². The molecule has 1 saturated heterocycles. The number of halogens is 1. The van der Waals surface area contributed by atoms with Crippen molar-refractivity contribution in [2.24, 2.45) is 0 Å². The van der Waals surface area contributed by atoms with Crippen molar-refractivity contribution in [2.45, 2.75) is 36.1 Å². The topological polar surface area (TPSA) is 79.2 Å². The van der Waals surface area contributed by atoms with Gasteiger partial charge in [-0.3, -0.25) is 0 Å². The number of ether oxygens (including phenoxy) is 2. The summed E-state index contributed by atoms with van der Waals surface area (Å²) in [5.74, 6) is 0.780. The number of aliphatic hydroxyl groups is 3. The Morgan fingerprint density at radius 3 is 2.44 bits per heavy atom. The molecule has 27 heavy (non-hydrogen) atoms. The summed E-state index contributed by atoms with van der Waals surface area (Å²) in [5.41, 5.74) is 2.62. The molecule has 0 spiro atoms. The highest BCUT2D eigenvalue weighted by molar-refractivity contribution is 7.81. The average molecular weight is 411 g/mol. The van der Waals surface area contributed by atoms with E-state index >= 15 is 0 Å². The Balaban J connectivity index is 1.85. The number of benzene rings is 2. The van der Waals surface area contributed by atoms with Crippen LogP contribution in [0.4, 0.5) is 0 Å².